The van der Waals surface area contributed by atoms with E-state index >= 15 is 0 Å². The largest absolute Gasteiger partial charge is 0.459 e. The number of rotatable bonds is 7. The SMILES string of the molecule is O=C(CCNS(=O)(=O)c1ccc(Cl)cc1)OCc1cc(=O)n2ccsc2n1. The number of carbonyl (C=O) groups is 1. The van der Waals surface area contributed by atoms with Crippen LogP contribution < -0.4 is 10.3 Å². The number of nitrogens with zero attached hydrogens (tertiary/aromatic N) is 2. The van der Waals surface area contributed by atoms with Gasteiger partial charge in [0, 0.05) is 29.2 Å². The lowest BCUT2D eigenvalue weighted by Crippen LogP contribution is -2.26. The van der Waals surface area contributed by atoms with Gasteiger partial charge >= 0.3 is 5.97 Å². The minimum atomic E-state index is -3.73. The molecule has 0 spiro atoms. The Morgan fingerprint density at radius 3 is 2.78 bits per heavy atom. The third kappa shape index (κ3) is 4.92. The van der Waals surface area contributed by atoms with Crippen molar-refractivity contribution < 1.29 is 17.9 Å². The van der Waals surface area contributed by atoms with Crippen molar-refractivity contribution in [2.24, 2.45) is 0 Å². The number of hydrogen-bond donors (Lipinski definition) is 1. The number of sulfonamides is 1. The van der Waals surface area contributed by atoms with Gasteiger partial charge in [-0.25, -0.2) is 18.1 Å². The third-order valence-electron chi connectivity index (χ3n) is 3.48. The van der Waals surface area contributed by atoms with Crippen LogP contribution >= 0.6 is 22.9 Å². The Labute approximate surface area is 163 Å². The molecule has 3 aromatic rings. The van der Waals surface area contributed by atoms with Crippen molar-refractivity contribution in [3.05, 3.63) is 63.0 Å². The summed E-state index contributed by atoms with van der Waals surface area (Å²) < 4.78 is 32.9. The Kier molecular flexibility index (Phi) is 5.90. The first kappa shape index (κ1) is 19.5. The summed E-state index contributed by atoms with van der Waals surface area (Å²) >= 11 is 7.02. The van der Waals surface area contributed by atoms with E-state index in [-0.39, 0.29) is 30.0 Å². The molecule has 0 atom stereocenters. The van der Waals surface area contributed by atoms with E-state index in [1.54, 1.807) is 11.6 Å². The third-order valence-corrected chi connectivity index (χ3v) is 5.97. The number of halogens is 1. The summed E-state index contributed by atoms with van der Waals surface area (Å²) in [6.07, 6.45) is 1.45. The molecule has 1 N–H and O–H groups in total. The zero-order valence-electron chi connectivity index (χ0n) is 13.8. The van der Waals surface area contributed by atoms with Gasteiger partial charge in [-0.1, -0.05) is 11.6 Å². The van der Waals surface area contributed by atoms with Crippen molar-refractivity contribution in [3.63, 3.8) is 0 Å². The van der Waals surface area contributed by atoms with E-state index in [2.05, 4.69) is 9.71 Å². The molecule has 142 valence electrons. The molecule has 8 nitrogen and oxygen atoms in total. The second-order valence-corrected chi connectivity index (χ2v) is 8.48. The van der Waals surface area contributed by atoms with Gasteiger partial charge in [-0.2, -0.15) is 0 Å². The molecule has 3 rings (SSSR count). The first-order chi connectivity index (χ1) is 12.8. The smallest absolute Gasteiger partial charge is 0.307 e. The van der Waals surface area contributed by atoms with E-state index in [4.69, 9.17) is 16.3 Å². The molecule has 0 aliphatic rings. The van der Waals surface area contributed by atoms with Crippen molar-refractivity contribution in [2.45, 2.75) is 17.9 Å². The van der Waals surface area contributed by atoms with Crippen LogP contribution in [0, 0.1) is 0 Å². The molecule has 2 heterocycles. The van der Waals surface area contributed by atoms with E-state index in [1.165, 1.54) is 46.1 Å². The first-order valence-electron chi connectivity index (χ1n) is 7.72. The van der Waals surface area contributed by atoms with Gasteiger partial charge in [-0.15, -0.1) is 11.3 Å². The van der Waals surface area contributed by atoms with E-state index in [9.17, 15) is 18.0 Å². The number of benzene rings is 1. The number of thiazole rings is 1. The molecular formula is C16H14ClN3O5S2. The number of nitrogens with one attached hydrogen (secondary N) is 1. The lowest BCUT2D eigenvalue weighted by Gasteiger charge is -2.07. The quantitative estimate of drug-likeness (QED) is 0.576. The molecule has 0 aliphatic heterocycles. The van der Waals surface area contributed by atoms with Crippen LogP contribution in [0.1, 0.15) is 12.1 Å². The van der Waals surface area contributed by atoms with Gasteiger partial charge in [0.15, 0.2) is 4.96 Å². The Hall–Kier alpha value is -2.27. The maximum atomic E-state index is 12.1. The summed E-state index contributed by atoms with van der Waals surface area (Å²) in [7, 11) is -3.73. The number of aromatic nitrogens is 2. The van der Waals surface area contributed by atoms with Gasteiger partial charge in [-0.05, 0) is 24.3 Å². The normalized spacial score (nSPS) is 11.6. The summed E-state index contributed by atoms with van der Waals surface area (Å²) in [5.74, 6) is -0.609. The van der Waals surface area contributed by atoms with Crippen LogP contribution in [0.3, 0.4) is 0 Å². The highest BCUT2D eigenvalue weighted by Crippen LogP contribution is 2.13. The number of fused-ring (bicyclic) bond motifs is 1. The zero-order chi connectivity index (χ0) is 19.4. The summed E-state index contributed by atoms with van der Waals surface area (Å²) in [6, 6.07) is 6.95. The van der Waals surface area contributed by atoms with Crippen molar-refractivity contribution >= 4 is 43.9 Å². The van der Waals surface area contributed by atoms with Crippen LogP contribution in [0.2, 0.25) is 5.02 Å². The number of ether oxygens (including phenoxy) is 1. The molecule has 0 fully saturated rings. The van der Waals surface area contributed by atoms with Crippen molar-refractivity contribution in [1.29, 1.82) is 0 Å². The molecule has 0 radical (unpaired) electrons. The molecular weight excluding hydrogens is 414 g/mol. The summed E-state index contributed by atoms with van der Waals surface area (Å²) in [4.78, 5) is 28.4. The molecule has 0 unspecified atom stereocenters. The van der Waals surface area contributed by atoms with E-state index < -0.39 is 16.0 Å². The van der Waals surface area contributed by atoms with Crippen LogP contribution in [0.15, 0.2) is 51.6 Å². The summed E-state index contributed by atoms with van der Waals surface area (Å²) in [5, 5.41) is 2.15. The predicted molar refractivity (Wildman–Crippen MR) is 100 cm³/mol. The second-order valence-electron chi connectivity index (χ2n) is 5.40. The van der Waals surface area contributed by atoms with E-state index in [0.717, 1.165) is 0 Å². The van der Waals surface area contributed by atoms with Crippen LogP contribution in [0.5, 0.6) is 0 Å². The van der Waals surface area contributed by atoms with Crippen molar-refractivity contribution in [3.8, 4) is 0 Å². The second kappa shape index (κ2) is 8.17. The number of carbonyl (C=O) groups excluding carboxylic acids is 1. The van der Waals surface area contributed by atoms with Gasteiger partial charge in [0.2, 0.25) is 10.0 Å². The van der Waals surface area contributed by atoms with Crippen molar-refractivity contribution in [2.75, 3.05) is 6.54 Å². The highest BCUT2D eigenvalue weighted by Gasteiger charge is 2.14. The highest BCUT2D eigenvalue weighted by atomic mass is 35.5. The van der Waals surface area contributed by atoms with Crippen LogP contribution in [0.4, 0.5) is 0 Å². The zero-order valence-corrected chi connectivity index (χ0v) is 16.2. The average molecular weight is 428 g/mol. The van der Waals surface area contributed by atoms with Gasteiger partial charge < -0.3 is 4.74 Å². The molecule has 0 saturated carbocycles. The molecule has 11 heteroatoms. The van der Waals surface area contributed by atoms with Crippen molar-refractivity contribution in [1.82, 2.24) is 14.1 Å². The summed E-state index contributed by atoms with van der Waals surface area (Å²) in [6.45, 7) is -0.282. The predicted octanol–water partition coefficient (Wildman–Crippen LogP) is 1.82. The van der Waals surface area contributed by atoms with Gasteiger partial charge in [-0.3, -0.25) is 14.0 Å². The molecule has 0 amide bonds. The maximum Gasteiger partial charge on any atom is 0.307 e. The minimum Gasteiger partial charge on any atom is -0.459 e. The minimum absolute atomic E-state index is 0.0502. The van der Waals surface area contributed by atoms with Gasteiger partial charge in [0.25, 0.3) is 5.56 Å². The standard InChI is InChI=1S/C16H14ClN3O5S2/c17-11-1-3-13(4-2-11)27(23,24)18-6-5-15(22)25-10-12-9-14(21)20-7-8-26-16(20)19-12/h1-4,7-9,18H,5-6,10H2. The Morgan fingerprint density at radius 2 is 2.04 bits per heavy atom. The molecule has 0 saturated heterocycles. The fraction of sp³-hybridized carbons (Fsp3) is 0.188. The van der Waals surface area contributed by atoms with Gasteiger partial charge in [0.05, 0.1) is 17.0 Å². The highest BCUT2D eigenvalue weighted by molar-refractivity contribution is 7.89. The summed E-state index contributed by atoms with van der Waals surface area (Å²) in [5.41, 5.74) is 0.0700. The lowest BCUT2D eigenvalue weighted by molar-refractivity contribution is -0.144. The fourth-order valence-electron chi connectivity index (χ4n) is 2.17. The Balaban J connectivity index is 1.50. The fourth-order valence-corrected chi connectivity index (χ4v) is 4.07. The van der Waals surface area contributed by atoms with Gasteiger partial charge in [0.1, 0.15) is 6.61 Å². The average Bonchev–Trinajstić information content (AvgIpc) is 3.09. The number of esters is 1. The molecule has 2 aromatic heterocycles. The molecule has 0 bridgehead atoms. The van der Waals surface area contributed by atoms with Crippen LogP contribution in [-0.2, 0) is 26.2 Å². The first-order valence-corrected chi connectivity index (χ1v) is 10.5. The van der Waals surface area contributed by atoms with E-state index in [0.29, 0.717) is 15.7 Å². The Morgan fingerprint density at radius 1 is 1.30 bits per heavy atom. The molecule has 1 aromatic carbocycles. The Bertz CT molecular complexity index is 1120. The maximum absolute atomic E-state index is 12.1. The van der Waals surface area contributed by atoms with E-state index in [1.807, 2.05) is 0 Å². The van der Waals surface area contributed by atoms with Crippen LogP contribution in [0.25, 0.3) is 4.96 Å². The number of hydrogen-bond acceptors (Lipinski definition) is 7. The monoisotopic (exact) mass is 427 g/mol. The topological polar surface area (TPSA) is 107 Å². The molecule has 0 aliphatic carbocycles. The van der Waals surface area contributed by atoms with Crippen LogP contribution in [-0.4, -0.2) is 30.3 Å². The lowest BCUT2D eigenvalue weighted by atomic mass is 10.4. The molecule has 27 heavy (non-hydrogen) atoms.